The zero-order chi connectivity index (χ0) is 22.3. The van der Waals surface area contributed by atoms with Crippen LogP contribution in [0.1, 0.15) is 49.5 Å². The number of aromatic nitrogens is 4. The fraction of sp³-hybridized carbons (Fsp3) is 0.320. The van der Waals surface area contributed by atoms with Gasteiger partial charge in [0.15, 0.2) is 0 Å². The average Bonchev–Trinajstić information content (AvgIpc) is 3.38. The predicted molar refractivity (Wildman–Crippen MR) is 121 cm³/mol. The van der Waals surface area contributed by atoms with Gasteiger partial charge in [-0.25, -0.2) is 4.68 Å². The summed E-state index contributed by atoms with van der Waals surface area (Å²) in [6.45, 7) is 3.91. The molecule has 0 aliphatic heterocycles. The quantitative estimate of drug-likeness (QED) is 0.512. The van der Waals surface area contributed by atoms with Crippen LogP contribution in [0.4, 0.5) is 0 Å². The van der Waals surface area contributed by atoms with Crippen LogP contribution in [0.5, 0.6) is 5.75 Å². The Morgan fingerprint density at radius 1 is 1.19 bits per heavy atom. The zero-order valence-corrected chi connectivity index (χ0v) is 18.2. The summed E-state index contributed by atoms with van der Waals surface area (Å²) in [5.74, 6) is 0.783. The monoisotopic (exact) mass is 427 g/mol. The molecule has 1 aliphatic carbocycles. The first kappa shape index (κ1) is 20.3. The molecule has 5 rings (SSSR count). The molecule has 0 fully saturated rings. The van der Waals surface area contributed by atoms with Gasteiger partial charge in [-0.15, -0.1) is 0 Å². The van der Waals surface area contributed by atoms with Crippen molar-refractivity contribution in [2.24, 2.45) is 0 Å². The van der Waals surface area contributed by atoms with Crippen LogP contribution in [-0.4, -0.2) is 30.3 Å². The van der Waals surface area contributed by atoms with E-state index in [4.69, 9.17) is 4.74 Å². The van der Waals surface area contributed by atoms with Crippen LogP contribution in [0.15, 0.2) is 55.0 Å². The molecule has 1 aliphatic rings. The highest BCUT2D eigenvalue weighted by Crippen LogP contribution is 2.35. The molecule has 7 heteroatoms. The summed E-state index contributed by atoms with van der Waals surface area (Å²) in [6, 6.07) is 14.1. The molecule has 32 heavy (non-hydrogen) atoms. The zero-order valence-electron chi connectivity index (χ0n) is 18.2. The van der Waals surface area contributed by atoms with E-state index in [1.807, 2.05) is 53.5 Å². The highest BCUT2D eigenvalue weighted by molar-refractivity contribution is 5.81. The van der Waals surface area contributed by atoms with Gasteiger partial charge in [-0.3, -0.25) is 4.68 Å². The van der Waals surface area contributed by atoms with Crippen molar-refractivity contribution in [2.45, 2.75) is 51.4 Å². The van der Waals surface area contributed by atoms with Crippen LogP contribution in [0, 0.1) is 11.3 Å². The van der Waals surface area contributed by atoms with Crippen molar-refractivity contribution in [1.29, 1.82) is 5.26 Å². The molecule has 0 saturated carbocycles. The maximum atomic E-state index is 10.1. The van der Waals surface area contributed by atoms with E-state index in [1.54, 1.807) is 24.7 Å². The van der Waals surface area contributed by atoms with Crippen LogP contribution in [-0.2, 0) is 13.0 Å². The minimum Gasteiger partial charge on any atom is -0.486 e. The number of fused-ring (bicyclic) bond motifs is 2. The first-order chi connectivity index (χ1) is 15.4. The average molecular weight is 428 g/mol. The Morgan fingerprint density at radius 2 is 2.06 bits per heavy atom. The molecule has 2 aromatic carbocycles. The van der Waals surface area contributed by atoms with E-state index in [0.29, 0.717) is 12.1 Å². The van der Waals surface area contributed by atoms with E-state index in [-0.39, 0.29) is 6.10 Å². The number of hydrogen-bond acceptors (Lipinski definition) is 5. The number of aliphatic hydroxyl groups is 1. The first-order valence-electron chi connectivity index (χ1n) is 10.8. The molecule has 4 aromatic rings. The summed E-state index contributed by atoms with van der Waals surface area (Å²) in [5.41, 5.74) is 3.97. The lowest BCUT2D eigenvalue weighted by atomic mass is 9.88. The Bertz CT molecular complexity index is 1320. The molecular formula is C25H25N5O2. The van der Waals surface area contributed by atoms with Gasteiger partial charge in [0.25, 0.3) is 0 Å². The molecule has 0 amide bonds. The van der Waals surface area contributed by atoms with E-state index in [1.165, 1.54) is 5.56 Å². The second kappa shape index (κ2) is 7.81. The molecule has 1 atom stereocenters. The molecule has 1 unspecified atom stereocenters. The van der Waals surface area contributed by atoms with Crippen LogP contribution >= 0.6 is 0 Å². The van der Waals surface area contributed by atoms with Gasteiger partial charge in [-0.05, 0) is 68.5 Å². The molecule has 162 valence electrons. The Kier molecular flexibility index (Phi) is 4.95. The molecule has 0 radical (unpaired) electrons. The number of rotatable bonds is 5. The van der Waals surface area contributed by atoms with E-state index in [2.05, 4.69) is 16.3 Å². The van der Waals surface area contributed by atoms with Crippen molar-refractivity contribution in [2.75, 3.05) is 0 Å². The largest absolute Gasteiger partial charge is 0.486 e. The van der Waals surface area contributed by atoms with Gasteiger partial charge in [0.2, 0.25) is 0 Å². The van der Waals surface area contributed by atoms with Crippen molar-refractivity contribution in [3.8, 4) is 17.5 Å². The number of benzene rings is 2. The van der Waals surface area contributed by atoms with Crippen LogP contribution < -0.4 is 4.74 Å². The van der Waals surface area contributed by atoms with Crippen LogP contribution in [0.3, 0.4) is 0 Å². The first-order valence-corrected chi connectivity index (χ1v) is 10.8. The fourth-order valence-corrected chi connectivity index (χ4v) is 4.35. The summed E-state index contributed by atoms with van der Waals surface area (Å²) in [4.78, 5) is 0. The van der Waals surface area contributed by atoms with Crippen molar-refractivity contribution in [3.63, 3.8) is 0 Å². The van der Waals surface area contributed by atoms with Crippen molar-refractivity contribution >= 4 is 10.9 Å². The van der Waals surface area contributed by atoms with Gasteiger partial charge in [-0.2, -0.15) is 15.5 Å². The summed E-state index contributed by atoms with van der Waals surface area (Å²) >= 11 is 0. The lowest BCUT2D eigenvalue weighted by molar-refractivity contribution is 0.0577. The van der Waals surface area contributed by atoms with E-state index < -0.39 is 5.60 Å². The molecule has 1 N–H and O–H groups in total. The summed E-state index contributed by atoms with van der Waals surface area (Å²) < 4.78 is 9.97. The number of aryl methyl sites for hydroxylation is 1. The molecule has 7 nitrogen and oxygen atoms in total. The van der Waals surface area contributed by atoms with Crippen LogP contribution in [0.25, 0.3) is 16.6 Å². The smallest absolute Gasteiger partial charge is 0.124 e. The van der Waals surface area contributed by atoms with E-state index >= 15 is 0 Å². The molecule has 2 aromatic heterocycles. The topological polar surface area (TPSA) is 88.9 Å². The van der Waals surface area contributed by atoms with Crippen molar-refractivity contribution in [1.82, 2.24) is 19.6 Å². The third kappa shape index (κ3) is 3.97. The van der Waals surface area contributed by atoms with Gasteiger partial charge in [0.1, 0.15) is 17.5 Å². The Labute approximate surface area is 186 Å². The summed E-state index contributed by atoms with van der Waals surface area (Å²) in [5, 5.41) is 29.2. The van der Waals surface area contributed by atoms with Gasteiger partial charge in [0, 0.05) is 11.5 Å². The maximum Gasteiger partial charge on any atom is 0.124 e. The van der Waals surface area contributed by atoms with E-state index in [0.717, 1.165) is 47.2 Å². The number of ether oxygens (including phenoxy) is 1. The molecule has 2 heterocycles. The van der Waals surface area contributed by atoms with Crippen LogP contribution in [0.2, 0.25) is 0 Å². The van der Waals surface area contributed by atoms with Gasteiger partial charge >= 0.3 is 0 Å². The van der Waals surface area contributed by atoms with Gasteiger partial charge < -0.3 is 9.84 Å². The maximum absolute atomic E-state index is 10.1. The standard InChI is InChI=1S/C25H25N5O2/c1-25(2,31)16-29-15-20(14-27-29)30-23-11-21(8-7-19(23)13-28-30)32-24-5-3-4-18-10-17(12-26)6-9-22(18)24/h6-11,13-15,24,31H,3-5,16H2,1-2H3. The minimum absolute atomic E-state index is 0.0325. The third-order valence-corrected chi connectivity index (χ3v) is 5.77. The molecule has 0 spiro atoms. The molecular weight excluding hydrogens is 402 g/mol. The lowest BCUT2D eigenvalue weighted by Crippen LogP contribution is -2.26. The van der Waals surface area contributed by atoms with Gasteiger partial charge in [0.05, 0.1) is 47.9 Å². The lowest BCUT2D eigenvalue weighted by Gasteiger charge is -2.26. The number of nitrogens with zero attached hydrogens (tertiary/aromatic N) is 5. The Morgan fingerprint density at radius 3 is 2.88 bits per heavy atom. The van der Waals surface area contributed by atoms with Crippen molar-refractivity contribution < 1.29 is 9.84 Å². The second-order valence-electron chi connectivity index (χ2n) is 9.01. The van der Waals surface area contributed by atoms with E-state index in [9.17, 15) is 10.4 Å². The summed E-state index contributed by atoms with van der Waals surface area (Å²) in [6.07, 6.45) is 8.37. The van der Waals surface area contributed by atoms with Gasteiger partial charge in [-0.1, -0.05) is 6.07 Å². The Balaban J connectivity index is 1.44. The Hall–Kier alpha value is -3.63. The molecule has 0 saturated heterocycles. The highest BCUT2D eigenvalue weighted by atomic mass is 16.5. The second-order valence-corrected chi connectivity index (χ2v) is 9.01. The minimum atomic E-state index is -0.846. The fourth-order valence-electron chi connectivity index (χ4n) is 4.35. The normalized spacial score (nSPS) is 16.0. The number of nitriles is 1. The summed E-state index contributed by atoms with van der Waals surface area (Å²) in [7, 11) is 0. The predicted octanol–water partition coefficient (Wildman–Crippen LogP) is 4.32. The third-order valence-electron chi connectivity index (χ3n) is 5.77. The van der Waals surface area contributed by atoms with Crippen molar-refractivity contribution in [3.05, 3.63) is 71.7 Å². The highest BCUT2D eigenvalue weighted by Gasteiger charge is 2.22. The SMILES string of the molecule is CC(C)(O)Cn1cc(-n2ncc3ccc(OC4CCCc5cc(C#N)ccc54)cc32)cn1. The number of hydrogen-bond donors (Lipinski definition) is 1. The molecule has 0 bridgehead atoms.